The molecular weight excluding hydrogens is 380 g/mol. The van der Waals surface area contributed by atoms with E-state index in [1.54, 1.807) is 34.6 Å². The summed E-state index contributed by atoms with van der Waals surface area (Å²) in [5.74, 6) is 0.835. The van der Waals surface area contributed by atoms with Crippen LogP contribution in [0.4, 0.5) is 5.69 Å². The van der Waals surface area contributed by atoms with Crippen LogP contribution in [0.25, 0.3) is 0 Å². The molecule has 8 heteroatoms. The van der Waals surface area contributed by atoms with Gasteiger partial charge in [0.1, 0.15) is 0 Å². The lowest BCUT2D eigenvalue weighted by atomic mass is 10.1. The molecule has 7 nitrogen and oxygen atoms in total. The zero-order valence-corrected chi connectivity index (χ0v) is 16.4. The van der Waals surface area contributed by atoms with Crippen LogP contribution in [0.15, 0.2) is 47.4 Å². The summed E-state index contributed by atoms with van der Waals surface area (Å²) in [6.07, 6.45) is 2.81. The molecule has 1 fully saturated rings. The lowest BCUT2D eigenvalue weighted by Gasteiger charge is -2.32. The fourth-order valence-electron chi connectivity index (χ4n) is 3.52. The summed E-state index contributed by atoms with van der Waals surface area (Å²) in [6, 6.07) is 11.2. The second-order valence-corrected chi connectivity index (χ2v) is 8.90. The first kappa shape index (κ1) is 18.8. The highest BCUT2D eigenvalue weighted by Gasteiger charge is 2.30. The Balaban J connectivity index is 1.48. The number of carbonyl (C=O) groups excluding carboxylic acids is 1. The predicted molar refractivity (Wildman–Crippen MR) is 104 cm³/mol. The number of rotatable bonds is 4. The third kappa shape index (κ3) is 3.57. The van der Waals surface area contributed by atoms with Crippen molar-refractivity contribution in [2.45, 2.75) is 37.1 Å². The topological polar surface area (TPSA) is 84.9 Å². The molecule has 1 N–H and O–H groups in total. The minimum atomic E-state index is -3.53. The molecule has 2 aromatic carbocycles. The molecule has 2 heterocycles. The number of anilines is 1. The van der Waals surface area contributed by atoms with Crippen LogP contribution in [0.5, 0.6) is 11.5 Å². The van der Waals surface area contributed by atoms with Crippen LogP contribution in [0.3, 0.4) is 0 Å². The van der Waals surface area contributed by atoms with Gasteiger partial charge < -0.3 is 14.8 Å². The van der Waals surface area contributed by atoms with E-state index in [1.807, 2.05) is 6.92 Å². The quantitative estimate of drug-likeness (QED) is 0.849. The van der Waals surface area contributed by atoms with Gasteiger partial charge in [0.15, 0.2) is 11.5 Å². The van der Waals surface area contributed by atoms with Crippen molar-refractivity contribution in [2.75, 3.05) is 18.7 Å². The van der Waals surface area contributed by atoms with Crippen LogP contribution in [-0.2, 0) is 10.0 Å². The van der Waals surface area contributed by atoms with Crippen molar-refractivity contribution < 1.29 is 22.7 Å². The average Bonchev–Trinajstić information content (AvgIpc) is 3.16. The predicted octanol–water partition coefficient (Wildman–Crippen LogP) is 3.23. The minimum Gasteiger partial charge on any atom is -0.454 e. The normalized spacial score (nSPS) is 19.4. The maximum atomic E-state index is 12.9. The number of hydrogen-bond acceptors (Lipinski definition) is 5. The van der Waals surface area contributed by atoms with Crippen molar-refractivity contribution in [2.24, 2.45) is 0 Å². The second-order valence-electron chi connectivity index (χ2n) is 7.01. The minimum absolute atomic E-state index is 0.00383. The largest absolute Gasteiger partial charge is 0.454 e. The molecule has 1 amide bonds. The number of amides is 1. The lowest BCUT2D eigenvalue weighted by molar-refractivity contribution is 0.102. The first-order chi connectivity index (χ1) is 13.4. The zero-order valence-electron chi connectivity index (χ0n) is 15.6. The summed E-state index contributed by atoms with van der Waals surface area (Å²) >= 11 is 0. The fourth-order valence-corrected chi connectivity index (χ4v) is 5.21. The molecule has 1 atom stereocenters. The van der Waals surface area contributed by atoms with Gasteiger partial charge in [-0.05, 0) is 62.2 Å². The first-order valence-electron chi connectivity index (χ1n) is 9.28. The van der Waals surface area contributed by atoms with Crippen molar-refractivity contribution in [1.82, 2.24) is 4.31 Å². The number of carbonyl (C=O) groups is 1. The Kier molecular flexibility index (Phi) is 4.99. The number of nitrogens with one attached hydrogen (secondary N) is 1. The van der Waals surface area contributed by atoms with Gasteiger partial charge in [0.05, 0.1) is 4.90 Å². The Morgan fingerprint density at radius 3 is 2.57 bits per heavy atom. The first-order valence-corrected chi connectivity index (χ1v) is 10.7. The van der Waals surface area contributed by atoms with Gasteiger partial charge in [-0.1, -0.05) is 6.42 Å². The van der Waals surface area contributed by atoms with Crippen LogP contribution in [0, 0.1) is 0 Å². The van der Waals surface area contributed by atoms with Gasteiger partial charge in [-0.3, -0.25) is 4.79 Å². The van der Waals surface area contributed by atoms with E-state index in [2.05, 4.69) is 5.32 Å². The van der Waals surface area contributed by atoms with Gasteiger partial charge in [0.2, 0.25) is 16.8 Å². The molecule has 2 aliphatic rings. The van der Waals surface area contributed by atoms with Crippen molar-refractivity contribution >= 4 is 21.6 Å². The standard InChI is InChI=1S/C20H22N2O5S/c1-14-4-2-3-11-22(14)28(24,25)17-8-6-16(7-9-17)21-20(23)15-5-10-18-19(12-15)27-13-26-18/h5-10,12,14H,2-4,11,13H2,1H3,(H,21,23). The van der Waals surface area contributed by atoms with E-state index >= 15 is 0 Å². The van der Waals surface area contributed by atoms with Gasteiger partial charge in [-0.25, -0.2) is 8.42 Å². The number of sulfonamides is 1. The summed E-state index contributed by atoms with van der Waals surface area (Å²) in [5.41, 5.74) is 0.955. The second kappa shape index (κ2) is 7.44. The summed E-state index contributed by atoms with van der Waals surface area (Å²) in [7, 11) is -3.53. The van der Waals surface area contributed by atoms with Crippen molar-refractivity contribution in [3.63, 3.8) is 0 Å². The van der Waals surface area contributed by atoms with E-state index in [1.165, 1.54) is 12.1 Å². The number of nitrogens with zero attached hydrogens (tertiary/aromatic N) is 1. The van der Waals surface area contributed by atoms with Crippen LogP contribution < -0.4 is 14.8 Å². The van der Waals surface area contributed by atoms with E-state index in [-0.39, 0.29) is 23.6 Å². The molecule has 28 heavy (non-hydrogen) atoms. The van der Waals surface area contributed by atoms with Gasteiger partial charge in [0.25, 0.3) is 5.91 Å². The molecule has 1 saturated heterocycles. The van der Waals surface area contributed by atoms with Gasteiger partial charge in [0, 0.05) is 23.8 Å². The molecule has 2 aromatic rings. The summed E-state index contributed by atoms with van der Waals surface area (Å²) in [6.45, 7) is 2.63. The average molecular weight is 402 g/mol. The molecule has 0 aromatic heterocycles. The molecule has 1 unspecified atom stereocenters. The Hall–Kier alpha value is -2.58. The number of benzene rings is 2. The van der Waals surface area contributed by atoms with Crippen LogP contribution in [0.1, 0.15) is 36.5 Å². The van der Waals surface area contributed by atoms with E-state index in [0.717, 1.165) is 19.3 Å². The molecule has 148 valence electrons. The molecule has 0 aliphatic carbocycles. The highest BCUT2D eigenvalue weighted by Crippen LogP contribution is 2.32. The number of piperidine rings is 1. The molecule has 4 rings (SSSR count). The molecule has 0 saturated carbocycles. The molecular formula is C20H22N2O5S. The van der Waals surface area contributed by atoms with Crippen molar-refractivity contribution in [3.05, 3.63) is 48.0 Å². The van der Waals surface area contributed by atoms with E-state index in [4.69, 9.17) is 9.47 Å². The molecule has 0 radical (unpaired) electrons. The Labute approximate surface area is 164 Å². The number of fused-ring (bicyclic) bond motifs is 1. The highest BCUT2D eigenvalue weighted by molar-refractivity contribution is 7.89. The van der Waals surface area contributed by atoms with E-state index < -0.39 is 10.0 Å². The number of hydrogen-bond donors (Lipinski definition) is 1. The van der Waals surface area contributed by atoms with Crippen LogP contribution in [0.2, 0.25) is 0 Å². The van der Waals surface area contributed by atoms with Crippen LogP contribution in [-0.4, -0.2) is 38.0 Å². The molecule has 0 spiro atoms. The van der Waals surface area contributed by atoms with Crippen LogP contribution >= 0.6 is 0 Å². The Morgan fingerprint density at radius 1 is 1.07 bits per heavy atom. The maximum Gasteiger partial charge on any atom is 0.255 e. The summed E-state index contributed by atoms with van der Waals surface area (Å²) in [5, 5.41) is 2.77. The lowest BCUT2D eigenvalue weighted by Crippen LogP contribution is -2.41. The third-order valence-corrected chi connectivity index (χ3v) is 7.12. The maximum absolute atomic E-state index is 12.9. The van der Waals surface area contributed by atoms with Crippen molar-refractivity contribution in [1.29, 1.82) is 0 Å². The Morgan fingerprint density at radius 2 is 1.82 bits per heavy atom. The monoisotopic (exact) mass is 402 g/mol. The molecule has 2 aliphatic heterocycles. The van der Waals surface area contributed by atoms with Gasteiger partial charge in [-0.2, -0.15) is 4.31 Å². The summed E-state index contributed by atoms with van der Waals surface area (Å²) < 4.78 is 37.8. The van der Waals surface area contributed by atoms with E-state index in [9.17, 15) is 13.2 Å². The van der Waals surface area contributed by atoms with Gasteiger partial charge >= 0.3 is 0 Å². The highest BCUT2D eigenvalue weighted by atomic mass is 32.2. The number of ether oxygens (including phenoxy) is 2. The van der Waals surface area contributed by atoms with E-state index in [0.29, 0.717) is 29.3 Å². The smallest absolute Gasteiger partial charge is 0.255 e. The van der Waals surface area contributed by atoms with Crippen molar-refractivity contribution in [3.8, 4) is 11.5 Å². The Bertz CT molecular complexity index is 988. The SMILES string of the molecule is CC1CCCCN1S(=O)(=O)c1ccc(NC(=O)c2ccc3c(c2)OCO3)cc1. The fraction of sp³-hybridized carbons (Fsp3) is 0.350. The summed E-state index contributed by atoms with van der Waals surface area (Å²) in [4.78, 5) is 12.7. The third-order valence-electron chi connectivity index (χ3n) is 5.10. The zero-order chi connectivity index (χ0) is 19.7. The molecule has 0 bridgehead atoms. The van der Waals surface area contributed by atoms with Gasteiger partial charge in [-0.15, -0.1) is 0 Å².